The summed E-state index contributed by atoms with van der Waals surface area (Å²) < 4.78 is 10.8. The summed E-state index contributed by atoms with van der Waals surface area (Å²) in [7, 11) is 1.60. The first-order chi connectivity index (χ1) is 18.6. The Morgan fingerprint density at radius 1 is 1.16 bits per heavy atom. The molecule has 1 N–H and O–H groups in total. The predicted octanol–water partition coefficient (Wildman–Crippen LogP) is 4.22. The highest BCUT2D eigenvalue weighted by atomic mass is 32.1. The summed E-state index contributed by atoms with van der Waals surface area (Å²) in [5.41, 5.74) is 0.750. The van der Waals surface area contributed by atoms with E-state index in [4.69, 9.17) is 9.15 Å². The van der Waals surface area contributed by atoms with Crippen molar-refractivity contribution in [1.82, 2.24) is 30.4 Å². The van der Waals surface area contributed by atoms with E-state index in [0.717, 1.165) is 41.9 Å². The molecule has 1 aliphatic carbocycles. The molecule has 11 heteroatoms. The first-order valence-electron chi connectivity index (χ1n) is 12.7. The van der Waals surface area contributed by atoms with Crippen LogP contribution in [0.4, 0.5) is 0 Å². The van der Waals surface area contributed by atoms with Gasteiger partial charge in [0.25, 0.3) is 0 Å². The Kier molecular flexibility index (Phi) is 8.12. The number of carbonyl (C=O) groups is 2. The molecule has 1 aromatic carbocycles. The van der Waals surface area contributed by atoms with Crippen molar-refractivity contribution in [1.29, 1.82) is 0 Å². The fourth-order valence-electron chi connectivity index (χ4n) is 4.67. The summed E-state index contributed by atoms with van der Waals surface area (Å²) >= 11 is 1.44. The Morgan fingerprint density at radius 2 is 1.97 bits per heavy atom. The van der Waals surface area contributed by atoms with Crippen molar-refractivity contribution in [3.63, 3.8) is 0 Å². The SMILES string of the molecule is COc1ccc(-c2nnn(CC(=O)N(Cc3ccco3)[C@@H](C(=O)NC3CCCCC3)c3cccs3)n2)cc1. The largest absolute Gasteiger partial charge is 0.497 e. The molecule has 3 heterocycles. The third-order valence-corrected chi connectivity index (χ3v) is 7.55. The Balaban J connectivity index is 1.39. The van der Waals surface area contributed by atoms with Crippen LogP contribution in [0.25, 0.3) is 11.4 Å². The van der Waals surface area contributed by atoms with Crippen LogP contribution in [-0.4, -0.2) is 50.1 Å². The highest BCUT2D eigenvalue weighted by Gasteiger charge is 2.34. The molecule has 198 valence electrons. The Labute approximate surface area is 224 Å². The van der Waals surface area contributed by atoms with Gasteiger partial charge in [0.1, 0.15) is 24.1 Å². The maximum absolute atomic E-state index is 13.8. The van der Waals surface area contributed by atoms with Crippen LogP contribution in [0, 0.1) is 0 Å². The minimum Gasteiger partial charge on any atom is -0.497 e. The summed E-state index contributed by atoms with van der Waals surface area (Å²) in [6.45, 7) is -0.0467. The molecule has 5 rings (SSSR count). The molecule has 0 bridgehead atoms. The van der Waals surface area contributed by atoms with Gasteiger partial charge in [-0.05, 0) is 65.9 Å². The zero-order chi connectivity index (χ0) is 26.3. The number of tetrazole rings is 1. The third kappa shape index (κ3) is 6.10. The number of hydrogen-bond donors (Lipinski definition) is 1. The maximum Gasteiger partial charge on any atom is 0.248 e. The lowest BCUT2D eigenvalue weighted by molar-refractivity contribution is -0.143. The Morgan fingerprint density at radius 3 is 2.66 bits per heavy atom. The van der Waals surface area contributed by atoms with Gasteiger partial charge in [0.15, 0.2) is 0 Å². The molecular weight excluding hydrogens is 504 g/mol. The van der Waals surface area contributed by atoms with Gasteiger partial charge in [0.05, 0.1) is 19.9 Å². The molecule has 10 nitrogen and oxygen atoms in total. The second kappa shape index (κ2) is 12.0. The van der Waals surface area contributed by atoms with E-state index in [1.165, 1.54) is 22.6 Å². The van der Waals surface area contributed by atoms with Crippen molar-refractivity contribution >= 4 is 23.2 Å². The molecule has 0 radical (unpaired) electrons. The van der Waals surface area contributed by atoms with Crippen LogP contribution >= 0.6 is 11.3 Å². The molecule has 0 unspecified atom stereocenters. The van der Waals surface area contributed by atoms with Gasteiger partial charge >= 0.3 is 0 Å². The van der Waals surface area contributed by atoms with Gasteiger partial charge in [-0.15, -0.1) is 21.5 Å². The number of thiophene rings is 1. The first kappa shape index (κ1) is 25.7. The van der Waals surface area contributed by atoms with Crippen LogP contribution in [0.2, 0.25) is 0 Å². The molecule has 4 aromatic rings. The molecule has 0 saturated heterocycles. The zero-order valence-electron chi connectivity index (χ0n) is 21.2. The van der Waals surface area contributed by atoms with Crippen molar-refractivity contribution in [2.24, 2.45) is 0 Å². The Bertz CT molecular complexity index is 1310. The van der Waals surface area contributed by atoms with Crippen molar-refractivity contribution in [3.8, 4) is 17.1 Å². The van der Waals surface area contributed by atoms with Crippen molar-refractivity contribution in [3.05, 3.63) is 70.8 Å². The molecule has 1 aliphatic rings. The van der Waals surface area contributed by atoms with Gasteiger partial charge in [0.2, 0.25) is 17.6 Å². The second-order valence-corrected chi connectivity index (χ2v) is 10.2. The van der Waals surface area contributed by atoms with Crippen LogP contribution in [0.1, 0.15) is 48.8 Å². The van der Waals surface area contributed by atoms with E-state index in [9.17, 15) is 9.59 Å². The van der Waals surface area contributed by atoms with Crippen LogP contribution in [0.5, 0.6) is 5.75 Å². The van der Waals surface area contributed by atoms with Crippen LogP contribution in [0.3, 0.4) is 0 Å². The number of aromatic nitrogens is 4. The van der Waals surface area contributed by atoms with E-state index < -0.39 is 6.04 Å². The average molecular weight is 535 g/mol. The molecule has 38 heavy (non-hydrogen) atoms. The number of rotatable bonds is 10. The number of carbonyl (C=O) groups excluding carboxylic acids is 2. The van der Waals surface area contributed by atoms with Crippen molar-refractivity contribution < 1.29 is 18.7 Å². The van der Waals surface area contributed by atoms with Crippen molar-refractivity contribution in [2.45, 2.75) is 57.3 Å². The lowest BCUT2D eigenvalue weighted by Gasteiger charge is -2.32. The molecule has 1 fully saturated rings. The van der Waals surface area contributed by atoms with E-state index in [0.29, 0.717) is 11.6 Å². The van der Waals surface area contributed by atoms with E-state index in [1.54, 1.807) is 30.4 Å². The fraction of sp³-hybridized carbons (Fsp3) is 0.370. The molecule has 0 aliphatic heterocycles. The number of nitrogens with zero attached hydrogens (tertiary/aromatic N) is 5. The highest BCUT2D eigenvalue weighted by Crippen LogP contribution is 2.29. The Hall–Kier alpha value is -3.99. The normalized spacial score (nSPS) is 14.7. The standard InChI is InChI=1S/C27H30N6O4S/c1-36-21-13-11-19(12-14-21)26-29-31-33(30-26)18-24(34)32(17-22-9-5-15-37-22)25(23-10-6-16-38-23)27(35)28-20-7-3-2-4-8-20/h5-6,9-16,20,25H,2-4,7-8,17-18H2,1H3,(H,28,35)/t25-/m1/s1. The number of ether oxygens (including phenoxy) is 1. The van der Waals surface area contributed by atoms with Gasteiger partial charge in [-0.1, -0.05) is 25.3 Å². The van der Waals surface area contributed by atoms with Crippen LogP contribution < -0.4 is 10.1 Å². The summed E-state index contributed by atoms with van der Waals surface area (Å²) in [4.78, 5) is 31.0. The number of methoxy groups -OCH3 is 1. The van der Waals surface area contributed by atoms with Crippen molar-refractivity contribution in [2.75, 3.05) is 7.11 Å². The van der Waals surface area contributed by atoms with E-state index in [2.05, 4.69) is 20.7 Å². The molecule has 3 aromatic heterocycles. The zero-order valence-corrected chi connectivity index (χ0v) is 22.0. The molecule has 1 saturated carbocycles. The molecule has 0 spiro atoms. The molecular formula is C27H30N6O4S. The van der Waals surface area contributed by atoms with E-state index >= 15 is 0 Å². The van der Waals surface area contributed by atoms with E-state index in [1.807, 2.05) is 41.8 Å². The molecule has 1 atom stereocenters. The third-order valence-electron chi connectivity index (χ3n) is 6.63. The van der Waals surface area contributed by atoms with Gasteiger partial charge in [-0.25, -0.2) is 0 Å². The smallest absolute Gasteiger partial charge is 0.248 e. The monoisotopic (exact) mass is 534 g/mol. The number of nitrogens with one attached hydrogen (secondary N) is 1. The minimum atomic E-state index is -0.806. The number of furan rings is 1. The average Bonchev–Trinajstić information content (AvgIpc) is 3.73. The maximum atomic E-state index is 13.8. The number of hydrogen-bond acceptors (Lipinski definition) is 8. The summed E-state index contributed by atoms with van der Waals surface area (Å²) in [6, 6.07) is 13.9. The topological polar surface area (TPSA) is 115 Å². The lowest BCUT2D eigenvalue weighted by atomic mass is 9.95. The second-order valence-electron chi connectivity index (χ2n) is 9.23. The summed E-state index contributed by atoms with van der Waals surface area (Å²) in [5, 5.41) is 17.7. The first-order valence-corrected chi connectivity index (χ1v) is 13.6. The molecule has 2 amide bonds. The quantitative estimate of drug-likeness (QED) is 0.324. The van der Waals surface area contributed by atoms with Crippen LogP contribution in [0.15, 0.2) is 64.6 Å². The van der Waals surface area contributed by atoms with E-state index in [-0.39, 0.29) is 30.9 Å². The highest BCUT2D eigenvalue weighted by molar-refractivity contribution is 7.10. The van der Waals surface area contributed by atoms with Crippen LogP contribution in [-0.2, 0) is 22.7 Å². The lowest BCUT2D eigenvalue weighted by Crippen LogP contribution is -2.47. The summed E-state index contributed by atoms with van der Waals surface area (Å²) in [6.07, 6.45) is 6.84. The number of benzene rings is 1. The predicted molar refractivity (Wildman–Crippen MR) is 141 cm³/mol. The van der Waals surface area contributed by atoms with Gasteiger partial charge in [0, 0.05) is 16.5 Å². The van der Waals surface area contributed by atoms with Gasteiger partial charge in [-0.2, -0.15) is 4.80 Å². The summed E-state index contributed by atoms with van der Waals surface area (Å²) in [5.74, 6) is 1.18. The van der Waals surface area contributed by atoms with Gasteiger partial charge < -0.3 is 19.4 Å². The number of amides is 2. The van der Waals surface area contributed by atoms with Gasteiger partial charge in [-0.3, -0.25) is 9.59 Å². The minimum absolute atomic E-state index is 0.114. The fourth-order valence-corrected chi connectivity index (χ4v) is 5.50.